The first-order chi connectivity index (χ1) is 9.81. The molecule has 0 bridgehead atoms. The van der Waals surface area contributed by atoms with Gasteiger partial charge in [0.25, 0.3) is 0 Å². The van der Waals surface area contributed by atoms with E-state index in [1.54, 1.807) is 5.56 Å². The average molecular weight is 328 g/mol. The van der Waals surface area contributed by atoms with Gasteiger partial charge in [0.2, 0.25) is 0 Å². The van der Waals surface area contributed by atoms with E-state index in [0.717, 1.165) is 6.54 Å². The van der Waals surface area contributed by atoms with Gasteiger partial charge in [0, 0.05) is 23.0 Å². The van der Waals surface area contributed by atoms with E-state index in [-0.39, 0.29) is 0 Å². The smallest absolute Gasteiger partial charge is 0.0326 e. The predicted octanol–water partition coefficient (Wildman–Crippen LogP) is 4.37. The van der Waals surface area contributed by atoms with Crippen LogP contribution < -0.4 is 5.32 Å². The number of fused-ring (bicyclic) bond motifs is 2. The molecule has 102 valence electrons. The van der Waals surface area contributed by atoms with Crippen LogP contribution >= 0.6 is 15.9 Å². The first-order valence-corrected chi connectivity index (χ1v) is 8.20. The molecule has 0 fully saturated rings. The second-order valence-corrected chi connectivity index (χ2v) is 6.86. The van der Waals surface area contributed by atoms with Gasteiger partial charge in [-0.05, 0) is 53.6 Å². The van der Waals surface area contributed by atoms with Gasteiger partial charge in [-0.25, -0.2) is 0 Å². The summed E-state index contributed by atoms with van der Waals surface area (Å²) >= 11 is 3.56. The normalized spacial score (nSPS) is 23.1. The van der Waals surface area contributed by atoms with E-state index in [0.29, 0.717) is 12.0 Å². The van der Waals surface area contributed by atoms with Gasteiger partial charge in [-0.15, -0.1) is 0 Å². The average Bonchev–Trinajstić information content (AvgIpc) is 2.82. The monoisotopic (exact) mass is 327 g/mol. The molecule has 2 unspecified atom stereocenters. The van der Waals surface area contributed by atoms with Crippen LogP contribution in [0.4, 0.5) is 0 Å². The van der Waals surface area contributed by atoms with E-state index in [1.807, 2.05) is 0 Å². The first kappa shape index (κ1) is 12.6. The third-order valence-electron chi connectivity index (χ3n) is 4.75. The van der Waals surface area contributed by atoms with Gasteiger partial charge in [-0.2, -0.15) is 0 Å². The molecule has 0 heterocycles. The highest BCUT2D eigenvalue weighted by Crippen LogP contribution is 2.37. The molecule has 2 aliphatic rings. The highest BCUT2D eigenvalue weighted by molar-refractivity contribution is 9.10. The lowest BCUT2D eigenvalue weighted by Gasteiger charge is -2.31. The number of aryl methyl sites for hydroxylation is 1. The molecule has 0 saturated heterocycles. The van der Waals surface area contributed by atoms with E-state index in [4.69, 9.17) is 0 Å². The Kier molecular flexibility index (Phi) is 3.16. The summed E-state index contributed by atoms with van der Waals surface area (Å²) in [5, 5.41) is 3.78. The topological polar surface area (TPSA) is 12.0 Å². The fraction of sp³-hybridized carbons (Fsp3) is 0.333. The molecule has 2 aromatic rings. The van der Waals surface area contributed by atoms with Gasteiger partial charge < -0.3 is 5.32 Å². The maximum Gasteiger partial charge on any atom is 0.0326 e. The van der Waals surface area contributed by atoms with Crippen LogP contribution in [0.2, 0.25) is 0 Å². The molecule has 20 heavy (non-hydrogen) atoms. The molecule has 4 rings (SSSR count). The number of hydrogen-bond acceptors (Lipinski definition) is 1. The fourth-order valence-electron chi connectivity index (χ4n) is 3.63. The minimum absolute atomic E-state index is 0.547. The highest BCUT2D eigenvalue weighted by Gasteiger charge is 2.28. The van der Waals surface area contributed by atoms with Crippen molar-refractivity contribution in [2.24, 2.45) is 0 Å². The number of nitrogens with one attached hydrogen (secondary N) is 1. The molecule has 0 spiro atoms. The summed E-state index contributed by atoms with van der Waals surface area (Å²) in [6.45, 7) is 1.11. The lowest BCUT2D eigenvalue weighted by Crippen LogP contribution is -2.31. The fourth-order valence-corrected chi connectivity index (χ4v) is 4.04. The largest absolute Gasteiger partial charge is 0.309 e. The molecule has 0 aliphatic heterocycles. The lowest BCUT2D eigenvalue weighted by atomic mass is 9.77. The predicted molar refractivity (Wildman–Crippen MR) is 86.1 cm³/mol. The van der Waals surface area contributed by atoms with Gasteiger partial charge in [-0.1, -0.05) is 46.3 Å². The van der Waals surface area contributed by atoms with E-state index in [1.165, 1.54) is 40.4 Å². The van der Waals surface area contributed by atoms with E-state index in [2.05, 4.69) is 63.7 Å². The van der Waals surface area contributed by atoms with Crippen LogP contribution in [-0.2, 0) is 12.8 Å². The van der Waals surface area contributed by atoms with Crippen LogP contribution in [0.1, 0.15) is 40.6 Å². The van der Waals surface area contributed by atoms with Crippen LogP contribution in [0, 0.1) is 0 Å². The van der Waals surface area contributed by atoms with Gasteiger partial charge in [0.05, 0.1) is 0 Å². The second-order valence-electron chi connectivity index (χ2n) is 5.94. The van der Waals surface area contributed by atoms with Crippen molar-refractivity contribution in [2.45, 2.75) is 31.2 Å². The number of hydrogen-bond donors (Lipinski definition) is 1. The van der Waals surface area contributed by atoms with Crippen LogP contribution in [-0.4, -0.2) is 6.54 Å². The summed E-state index contributed by atoms with van der Waals surface area (Å²) in [4.78, 5) is 0. The quantitative estimate of drug-likeness (QED) is 0.882. The summed E-state index contributed by atoms with van der Waals surface area (Å²) in [6.07, 6.45) is 3.68. The molecule has 2 aromatic carbocycles. The van der Waals surface area contributed by atoms with Crippen molar-refractivity contribution >= 4 is 15.9 Å². The Morgan fingerprint density at radius 3 is 2.85 bits per heavy atom. The summed E-state index contributed by atoms with van der Waals surface area (Å²) in [5.74, 6) is 0.714. The molecule has 1 nitrogen and oxygen atoms in total. The van der Waals surface area contributed by atoms with E-state index in [9.17, 15) is 0 Å². The molecule has 0 saturated carbocycles. The molecule has 0 radical (unpaired) electrons. The third kappa shape index (κ3) is 2.11. The zero-order valence-corrected chi connectivity index (χ0v) is 13.0. The van der Waals surface area contributed by atoms with Gasteiger partial charge in [-0.3, -0.25) is 0 Å². The summed E-state index contributed by atoms with van der Waals surface area (Å²) in [7, 11) is 0. The zero-order valence-electron chi connectivity index (χ0n) is 11.4. The number of benzene rings is 2. The standard InChI is InChI=1S/C18H18BrN/c19-15-6-7-17-13(10-15)5-8-18(17)20-11-14-9-12-3-1-2-4-16(12)14/h1-4,6-7,10,14,18,20H,5,8-9,11H2. The maximum absolute atomic E-state index is 3.78. The van der Waals surface area contributed by atoms with Crippen molar-refractivity contribution in [3.05, 3.63) is 69.2 Å². The molecule has 2 atom stereocenters. The minimum atomic E-state index is 0.547. The van der Waals surface area contributed by atoms with Crippen molar-refractivity contribution in [3.8, 4) is 0 Å². The van der Waals surface area contributed by atoms with Crippen LogP contribution in [0.25, 0.3) is 0 Å². The maximum atomic E-state index is 3.78. The van der Waals surface area contributed by atoms with E-state index < -0.39 is 0 Å². The molecule has 2 aliphatic carbocycles. The number of halogens is 1. The van der Waals surface area contributed by atoms with Gasteiger partial charge in [0.15, 0.2) is 0 Å². The third-order valence-corrected chi connectivity index (χ3v) is 5.25. The summed E-state index contributed by atoms with van der Waals surface area (Å²) in [6, 6.07) is 16.1. The zero-order chi connectivity index (χ0) is 13.5. The molecule has 2 heteroatoms. The van der Waals surface area contributed by atoms with Crippen molar-refractivity contribution in [1.82, 2.24) is 5.32 Å². The van der Waals surface area contributed by atoms with Crippen LogP contribution in [0.15, 0.2) is 46.9 Å². The molecule has 0 amide bonds. The highest BCUT2D eigenvalue weighted by atomic mass is 79.9. The first-order valence-electron chi connectivity index (χ1n) is 7.41. The Hall–Kier alpha value is -1.12. The lowest BCUT2D eigenvalue weighted by molar-refractivity contribution is 0.467. The van der Waals surface area contributed by atoms with Crippen molar-refractivity contribution in [1.29, 1.82) is 0 Å². The molecule has 0 aromatic heterocycles. The van der Waals surface area contributed by atoms with Crippen molar-refractivity contribution in [2.75, 3.05) is 6.54 Å². The Labute approximate surface area is 128 Å². The number of rotatable bonds is 3. The van der Waals surface area contributed by atoms with Crippen LogP contribution in [0.3, 0.4) is 0 Å². The molecular weight excluding hydrogens is 310 g/mol. The molecule has 1 N–H and O–H groups in total. The SMILES string of the molecule is Brc1ccc2c(c1)CCC2NCC1Cc2ccccc21. The Balaban J connectivity index is 1.43. The Morgan fingerprint density at radius 1 is 1.05 bits per heavy atom. The van der Waals surface area contributed by atoms with Crippen molar-refractivity contribution in [3.63, 3.8) is 0 Å². The summed E-state index contributed by atoms with van der Waals surface area (Å²) in [5.41, 5.74) is 6.09. The summed E-state index contributed by atoms with van der Waals surface area (Å²) < 4.78 is 1.20. The van der Waals surface area contributed by atoms with Crippen LogP contribution in [0.5, 0.6) is 0 Å². The Morgan fingerprint density at radius 2 is 1.95 bits per heavy atom. The molecular formula is C18H18BrN. The second kappa shape index (κ2) is 5.01. The van der Waals surface area contributed by atoms with Crippen molar-refractivity contribution < 1.29 is 0 Å². The van der Waals surface area contributed by atoms with E-state index >= 15 is 0 Å². The minimum Gasteiger partial charge on any atom is -0.309 e. The Bertz CT molecular complexity index is 650. The van der Waals surface area contributed by atoms with Gasteiger partial charge >= 0.3 is 0 Å². The van der Waals surface area contributed by atoms with Gasteiger partial charge in [0.1, 0.15) is 0 Å².